The van der Waals surface area contributed by atoms with E-state index in [1.165, 1.54) is 12.1 Å². The SMILES string of the molecule is C.CCCC(=O)c1cc(C(=O)CCC)c2c(c1)N(CCCS(=O)(=O)[O-])C(=CC=CC1=[N+](CCCCCC(=O)O)c3ccc(S(=O)(=O)O)cc3C1(C)C)C2(C)C.O=S(=O)=O.O=S(=O)=O. The van der Waals surface area contributed by atoms with E-state index in [9.17, 15) is 40.3 Å². The number of hydrogen-bond acceptors (Lipinski definition) is 15. The van der Waals surface area contributed by atoms with Gasteiger partial charge in [-0.2, -0.15) is 13.0 Å². The number of carboxylic acid groups (broad SMARTS) is 1. The molecule has 2 N–H and O–H groups in total. The predicted octanol–water partition coefficient (Wildman–Crippen LogP) is 5.72. The van der Waals surface area contributed by atoms with Crippen LogP contribution in [0.2, 0.25) is 0 Å². The van der Waals surface area contributed by atoms with Gasteiger partial charge in [0.15, 0.2) is 17.3 Å². The highest BCUT2D eigenvalue weighted by atomic mass is 32.2. The number of carbonyl (C=O) groups is 3. The first-order valence-electron chi connectivity index (χ1n) is 19.5. The zero-order valence-electron chi connectivity index (χ0n) is 35.2. The first-order valence-corrected chi connectivity index (χ1v) is 24.5. The van der Waals surface area contributed by atoms with Crippen molar-refractivity contribution in [3.63, 3.8) is 0 Å². The molecule has 2 aromatic carbocycles. The van der Waals surface area contributed by atoms with Gasteiger partial charge in [-0.05, 0) is 81.9 Å². The molecule has 2 aliphatic heterocycles. The number of allylic oxidation sites excluding steroid dienone is 4. The fraction of sp³-hybridized carbons (Fsp3) is 0.512. The molecule has 0 unspecified atom stereocenters. The van der Waals surface area contributed by atoms with Crippen molar-refractivity contribution in [2.45, 2.75) is 122 Å². The van der Waals surface area contributed by atoms with Gasteiger partial charge in [-0.3, -0.25) is 18.9 Å². The molecule has 2 aliphatic rings. The van der Waals surface area contributed by atoms with Crippen molar-refractivity contribution in [1.29, 1.82) is 0 Å². The Morgan fingerprint density at radius 1 is 0.810 bits per heavy atom. The van der Waals surface area contributed by atoms with Crippen LogP contribution in [0.3, 0.4) is 0 Å². The normalized spacial score (nSPS) is 15.4. The van der Waals surface area contributed by atoms with Crippen molar-refractivity contribution < 1.29 is 75.3 Å². The Morgan fingerprint density at radius 2 is 1.38 bits per heavy atom. The Bertz CT molecular complexity index is 2550. The second-order valence-corrected chi connectivity index (χ2v) is 19.3. The van der Waals surface area contributed by atoms with Crippen molar-refractivity contribution in [1.82, 2.24) is 0 Å². The largest absolute Gasteiger partial charge is 0.748 e. The Balaban J connectivity index is 0.00000203. The third-order valence-corrected chi connectivity index (χ3v) is 11.9. The summed E-state index contributed by atoms with van der Waals surface area (Å²) in [5.74, 6) is -1.66. The van der Waals surface area contributed by atoms with E-state index in [-0.39, 0.29) is 49.7 Å². The fourth-order valence-corrected chi connectivity index (χ4v) is 8.64. The molecule has 18 nitrogen and oxygen atoms in total. The highest BCUT2D eigenvalue weighted by molar-refractivity contribution is 7.86. The molecular formula is C41H56N2O16S4. The molecule has 0 spiro atoms. The zero-order valence-corrected chi connectivity index (χ0v) is 38.5. The lowest BCUT2D eigenvalue weighted by Gasteiger charge is -2.27. The summed E-state index contributed by atoms with van der Waals surface area (Å²) in [6.45, 7) is 12.3. The van der Waals surface area contributed by atoms with Crippen LogP contribution in [0, 0.1) is 0 Å². The van der Waals surface area contributed by atoms with Crippen molar-refractivity contribution in [3.8, 4) is 0 Å². The van der Waals surface area contributed by atoms with E-state index >= 15 is 0 Å². The van der Waals surface area contributed by atoms with E-state index in [2.05, 4.69) is 4.58 Å². The molecule has 0 aliphatic carbocycles. The highest BCUT2D eigenvalue weighted by Gasteiger charge is 2.46. The molecule has 2 aromatic rings. The number of ketones is 2. The highest BCUT2D eigenvalue weighted by Crippen LogP contribution is 2.50. The molecule has 63 heavy (non-hydrogen) atoms. The van der Waals surface area contributed by atoms with Gasteiger partial charge in [0.1, 0.15) is 6.54 Å². The number of aliphatic carboxylic acids is 1. The first kappa shape index (κ1) is 56.3. The van der Waals surface area contributed by atoms with Crippen molar-refractivity contribution >= 4 is 76.1 Å². The average molecular weight is 961 g/mol. The van der Waals surface area contributed by atoms with E-state index in [1.54, 1.807) is 18.2 Å². The zero-order chi connectivity index (χ0) is 47.4. The Labute approximate surface area is 372 Å². The molecule has 0 radical (unpaired) electrons. The summed E-state index contributed by atoms with van der Waals surface area (Å²) in [5, 5.41) is 9.09. The number of benzene rings is 2. The van der Waals surface area contributed by atoms with Gasteiger partial charge in [-0.15, -0.1) is 25.3 Å². The molecule has 0 saturated heterocycles. The number of Topliss-reactive ketones (excluding diaryl/α,β-unsaturated/α-hetero) is 2. The number of nitrogens with zero attached hydrogens (tertiary/aromatic N) is 2. The Kier molecular flexibility index (Phi) is 21.3. The van der Waals surface area contributed by atoms with Gasteiger partial charge in [-0.1, -0.05) is 41.2 Å². The van der Waals surface area contributed by atoms with Gasteiger partial charge in [0.2, 0.25) is 5.69 Å². The van der Waals surface area contributed by atoms with Gasteiger partial charge in [-0.25, -0.2) is 8.42 Å². The fourth-order valence-electron chi connectivity index (χ4n) is 7.65. The second kappa shape index (κ2) is 23.8. The minimum Gasteiger partial charge on any atom is -0.748 e. The second-order valence-electron chi connectivity index (χ2n) is 15.5. The number of anilines is 1. The predicted molar refractivity (Wildman–Crippen MR) is 233 cm³/mol. The molecule has 22 heteroatoms. The summed E-state index contributed by atoms with van der Waals surface area (Å²) < 4.78 is 122. The summed E-state index contributed by atoms with van der Waals surface area (Å²) >= 11 is 0. The van der Waals surface area contributed by atoms with E-state index in [0.717, 1.165) is 22.7 Å². The molecule has 0 aromatic heterocycles. The molecule has 350 valence electrons. The molecule has 4 rings (SSSR count). The monoisotopic (exact) mass is 960 g/mol. The summed E-state index contributed by atoms with van der Waals surface area (Å²) in [4.78, 5) is 39.6. The van der Waals surface area contributed by atoms with Crippen molar-refractivity contribution in [2.24, 2.45) is 0 Å². The molecule has 0 bridgehead atoms. The number of fused-ring (bicyclic) bond motifs is 2. The minimum absolute atomic E-state index is 0. The molecule has 2 heterocycles. The quantitative estimate of drug-likeness (QED) is 0.0736. The van der Waals surface area contributed by atoms with Crippen LogP contribution >= 0.6 is 0 Å². The van der Waals surface area contributed by atoms with Crippen molar-refractivity contribution in [3.05, 3.63) is 76.5 Å². The average Bonchev–Trinajstić information content (AvgIpc) is 3.47. The topological polar surface area (TPSA) is 292 Å². The van der Waals surface area contributed by atoms with Crippen LogP contribution in [-0.4, -0.2) is 103 Å². The molecule has 0 fully saturated rings. The lowest BCUT2D eigenvalue weighted by molar-refractivity contribution is -0.438. The van der Waals surface area contributed by atoms with Crippen LogP contribution in [0.5, 0.6) is 0 Å². The summed E-state index contributed by atoms with van der Waals surface area (Å²) in [5.41, 5.74) is 3.67. The van der Waals surface area contributed by atoms with Crippen LogP contribution in [0.25, 0.3) is 0 Å². The van der Waals surface area contributed by atoms with Crippen molar-refractivity contribution in [2.75, 3.05) is 23.7 Å². The van der Waals surface area contributed by atoms with Gasteiger partial charge >= 0.3 is 27.2 Å². The molecule has 0 amide bonds. The summed E-state index contributed by atoms with van der Waals surface area (Å²) in [7, 11) is -15.2. The summed E-state index contributed by atoms with van der Waals surface area (Å²) in [6, 6.07) is 7.92. The van der Waals surface area contributed by atoms with Crippen LogP contribution in [0.15, 0.2) is 59.2 Å². The van der Waals surface area contributed by atoms with E-state index < -0.39 is 64.0 Å². The van der Waals surface area contributed by atoms with Gasteiger partial charge < -0.3 is 14.6 Å². The maximum atomic E-state index is 13.7. The van der Waals surface area contributed by atoms with Crippen LogP contribution in [-0.2, 0) is 57.1 Å². The number of carbonyl (C=O) groups excluding carboxylic acids is 2. The van der Waals surface area contributed by atoms with Crippen LogP contribution < -0.4 is 4.90 Å². The number of unbranched alkanes of at least 4 members (excludes halogenated alkanes) is 2. The smallest absolute Gasteiger partial charge is 0.425 e. The van der Waals surface area contributed by atoms with Gasteiger partial charge in [0.05, 0.1) is 20.4 Å². The lowest BCUT2D eigenvalue weighted by Crippen LogP contribution is -2.29. The first-order chi connectivity index (χ1) is 28.6. The Hall–Kier alpha value is -4.74. The molecular weight excluding hydrogens is 905 g/mol. The molecule has 0 atom stereocenters. The minimum atomic E-state index is -4.51. The van der Waals surface area contributed by atoms with E-state index in [0.29, 0.717) is 67.4 Å². The van der Waals surface area contributed by atoms with Gasteiger partial charge in [0.25, 0.3) is 10.1 Å². The lowest BCUT2D eigenvalue weighted by atomic mass is 9.78. The maximum Gasteiger partial charge on any atom is 0.425 e. The number of hydrogen-bond donors (Lipinski definition) is 2. The summed E-state index contributed by atoms with van der Waals surface area (Å²) in [6.07, 6.45) is 9.34. The van der Waals surface area contributed by atoms with Gasteiger partial charge in [0, 0.05) is 83.6 Å². The van der Waals surface area contributed by atoms with E-state index in [1.807, 2.05) is 64.7 Å². The van der Waals surface area contributed by atoms with Crippen LogP contribution in [0.4, 0.5) is 11.4 Å². The maximum absolute atomic E-state index is 13.7. The number of carboxylic acids is 1. The third kappa shape index (κ3) is 15.8. The molecule has 0 saturated carbocycles. The standard InChI is InChI=1S/C40H52N2O10S2.CH4.2O3S/c1-7-14-33(43)27-24-29(34(44)15-8-2)38-32(25-27)42(22-13-23-53(47,48)49)36(40(38,5)6)17-12-16-35-39(3,4)30-26-28(54(50,51)52)19-20-31(30)41(35)21-11-9-10-18-37(45)46;;2*1-4(2)3/h12,16-17,19-20,24-26H,7-11,13-15,18,21-23H2,1-6H3,(H2-,45,46,47,48,49,50,51,52);1H4;;. The van der Waals surface area contributed by atoms with Crippen LogP contribution in [0.1, 0.15) is 139 Å². The van der Waals surface area contributed by atoms with E-state index in [4.69, 9.17) is 30.4 Å². The third-order valence-electron chi connectivity index (χ3n) is 10.3. The number of rotatable bonds is 19. The Morgan fingerprint density at radius 3 is 1.90 bits per heavy atom.